The van der Waals surface area contributed by atoms with Crippen LogP contribution in [-0.2, 0) is 13.0 Å². The van der Waals surface area contributed by atoms with Crippen molar-refractivity contribution in [3.8, 4) is 0 Å². The molecule has 3 rings (SSSR count). The van der Waals surface area contributed by atoms with Crippen molar-refractivity contribution in [1.29, 1.82) is 0 Å². The molecule has 0 bridgehead atoms. The summed E-state index contributed by atoms with van der Waals surface area (Å²) in [5.74, 6) is 0. The van der Waals surface area contributed by atoms with Crippen molar-refractivity contribution >= 4 is 5.69 Å². The van der Waals surface area contributed by atoms with Crippen molar-refractivity contribution in [3.63, 3.8) is 0 Å². The highest BCUT2D eigenvalue weighted by Crippen LogP contribution is 2.19. The zero-order chi connectivity index (χ0) is 13.6. The second kappa shape index (κ2) is 6.06. The minimum Gasteiger partial charge on any atom is -0.379 e. The van der Waals surface area contributed by atoms with Gasteiger partial charge >= 0.3 is 0 Å². The maximum absolute atomic E-state index is 3.96. The first-order valence-electron chi connectivity index (χ1n) is 6.76. The van der Waals surface area contributed by atoms with E-state index in [0.29, 0.717) is 0 Å². The Morgan fingerprint density at radius 3 is 2.50 bits per heavy atom. The van der Waals surface area contributed by atoms with Crippen LogP contribution in [0.4, 0.5) is 5.69 Å². The summed E-state index contributed by atoms with van der Waals surface area (Å²) in [5.41, 5.74) is 4.88. The Morgan fingerprint density at radius 2 is 1.70 bits per heavy atom. The molecule has 0 aliphatic rings. The molecule has 2 N–H and O–H groups in total. The number of aromatic nitrogens is 2. The molecule has 3 aromatic rings. The zero-order valence-corrected chi connectivity index (χ0v) is 11.2. The number of aromatic amines is 1. The molecule has 0 saturated carbocycles. The average Bonchev–Trinajstić information content (AvgIpc) is 3.01. The second-order valence-corrected chi connectivity index (χ2v) is 4.75. The van der Waals surface area contributed by atoms with E-state index in [-0.39, 0.29) is 0 Å². The number of nitrogens with one attached hydrogen (secondary N) is 2. The van der Waals surface area contributed by atoms with Crippen LogP contribution in [0.15, 0.2) is 66.9 Å². The summed E-state index contributed by atoms with van der Waals surface area (Å²) in [7, 11) is 0. The summed E-state index contributed by atoms with van der Waals surface area (Å²) in [6, 6.07) is 20.9. The molecular weight excluding hydrogens is 246 g/mol. The largest absolute Gasteiger partial charge is 0.379 e. The molecule has 0 fully saturated rings. The van der Waals surface area contributed by atoms with Gasteiger partial charge in [0.25, 0.3) is 0 Å². The molecule has 0 spiro atoms. The van der Waals surface area contributed by atoms with Crippen molar-refractivity contribution < 1.29 is 0 Å². The molecule has 3 heteroatoms. The lowest BCUT2D eigenvalue weighted by molar-refractivity contribution is 0.978. The highest BCUT2D eigenvalue weighted by molar-refractivity contribution is 5.52. The van der Waals surface area contributed by atoms with Crippen LogP contribution < -0.4 is 5.32 Å². The van der Waals surface area contributed by atoms with E-state index in [1.54, 1.807) is 6.20 Å². The average molecular weight is 263 g/mol. The van der Waals surface area contributed by atoms with E-state index in [2.05, 4.69) is 64.0 Å². The van der Waals surface area contributed by atoms with E-state index in [0.717, 1.165) is 18.7 Å². The molecule has 2 aromatic carbocycles. The number of hydrogen-bond donors (Lipinski definition) is 2. The number of hydrogen-bond acceptors (Lipinski definition) is 2. The minimum absolute atomic E-state index is 0.756. The number of para-hydroxylation sites is 1. The number of benzene rings is 2. The monoisotopic (exact) mass is 263 g/mol. The molecule has 100 valence electrons. The van der Waals surface area contributed by atoms with Gasteiger partial charge in [-0.15, -0.1) is 0 Å². The van der Waals surface area contributed by atoms with Gasteiger partial charge in [-0.1, -0.05) is 48.5 Å². The van der Waals surface area contributed by atoms with Crippen LogP contribution >= 0.6 is 0 Å². The van der Waals surface area contributed by atoms with Crippen LogP contribution in [0.1, 0.15) is 16.8 Å². The summed E-state index contributed by atoms with van der Waals surface area (Å²) in [6.45, 7) is 0.756. The van der Waals surface area contributed by atoms with Gasteiger partial charge < -0.3 is 5.32 Å². The van der Waals surface area contributed by atoms with Crippen molar-refractivity contribution in [3.05, 3.63) is 83.7 Å². The first-order valence-corrected chi connectivity index (χ1v) is 6.76. The molecule has 1 aromatic heterocycles. The van der Waals surface area contributed by atoms with Gasteiger partial charge in [-0.05, 0) is 29.7 Å². The molecule has 0 radical (unpaired) electrons. The van der Waals surface area contributed by atoms with Crippen LogP contribution in [-0.4, -0.2) is 10.2 Å². The van der Waals surface area contributed by atoms with E-state index >= 15 is 0 Å². The predicted molar refractivity (Wildman–Crippen MR) is 81.6 cm³/mol. The fourth-order valence-electron chi connectivity index (χ4n) is 2.24. The van der Waals surface area contributed by atoms with Crippen molar-refractivity contribution in [2.75, 3.05) is 5.32 Å². The van der Waals surface area contributed by atoms with E-state index < -0.39 is 0 Å². The summed E-state index contributed by atoms with van der Waals surface area (Å²) >= 11 is 0. The van der Waals surface area contributed by atoms with Crippen LogP contribution in [0.2, 0.25) is 0 Å². The van der Waals surface area contributed by atoms with E-state index in [1.165, 1.54) is 16.8 Å². The lowest BCUT2D eigenvalue weighted by Gasteiger charge is -2.11. The lowest BCUT2D eigenvalue weighted by Crippen LogP contribution is -2.03. The van der Waals surface area contributed by atoms with Gasteiger partial charge in [0.1, 0.15) is 0 Å². The van der Waals surface area contributed by atoms with Gasteiger partial charge in [-0.3, -0.25) is 5.10 Å². The van der Waals surface area contributed by atoms with Gasteiger partial charge in [-0.2, -0.15) is 5.10 Å². The van der Waals surface area contributed by atoms with Gasteiger partial charge in [0, 0.05) is 11.9 Å². The van der Waals surface area contributed by atoms with E-state index in [9.17, 15) is 0 Å². The lowest BCUT2D eigenvalue weighted by atomic mass is 10.0. The number of H-pyrrole nitrogens is 1. The Bertz CT molecular complexity index is 645. The summed E-state index contributed by atoms with van der Waals surface area (Å²) < 4.78 is 0. The second-order valence-electron chi connectivity index (χ2n) is 4.75. The first-order chi connectivity index (χ1) is 9.92. The van der Waals surface area contributed by atoms with E-state index in [4.69, 9.17) is 0 Å². The van der Waals surface area contributed by atoms with Crippen LogP contribution in [0.5, 0.6) is 0 Å². The smallest absolute Gasteiger partial charge is 0.0567 e. The molecule has 0 amide bonds. The van der Waals surface area contributed by atoms with Gasteiger partial charge in [0.05, 0.1) is 12.2 Å². The summed E-state index contributed by atoms with van der Waals surface area (Å²) in [4.78, 5) is 0. The Balaban J connectivity index is 1.74. The normalized spacial score (nSPS) is 10.4. The third-order valence-corrected chi connectivity index (χ3v) is 3.28. The quantitative estimate of drug-likeness (QED) is 0.738. The maximum Gasteiger partial charge on any atom is 0.0567 e. The molecule has 0 unspecified atom stereocenters. The Labute approximate surface area is 118 Å². The Hall–Kier alpha value is -2.55. The fourth-order valence-corrected chi connectivity index (χ4v) is 2.24. The fraction of sp³-hybridized carbons (Fsp3) is 0.118. The first kappa shape index (κ1) is 12.5. The van der Waals surface area contributed by atoms with E-state index in [1.807, 2.05) is 12.1 Å². The Kier molecular flexibility index (Phi) is 3.78. The van der Waals surface area contributed by atoms with Gasteiger partial charge in [0.15, 0.2) is 0 Å². The number of rotatable bonds is 5. The van der Waals surface area contributed by atoms with Crippen molar-refractivity contribution in [1.82, 2.24) is 10.2 Å². The summed E-state index contributed by atoms with van der Waals surface area (Å²) in [6.07, 6.45) is 2.71. The molecule has 1 heterocycles. The highest BCUT2D eigenvalue weighted by atomic mass is 15.1. The molecule has 0 aliphatic heterocycles. The third-order valence-electron chi connectivity index (χ3n) is 3.28. The molecular formula is C17H17N3. The molecule has 20 heavy (non-hydrogen) atoms. The highest BCUT2D eigenvalue weighted by Gasteiger charge is 2.03. The molecule has 0 saturated heterocycles. The topological polar surface area (TPSA) is 40.7 Å². The standard InChI is InChI=1S/C17H17N3/c1-2-6-14(7-3-1)12-15-8-4-5-9-17(15)18-13-16-10-11-19-20-16/h1-11,18H,12-13H2,(H,19,20). The van der Waals surface area contributed by atoms with Crippen LogP contribution in [0.25, 0.3) is 0 Å². The van der Waals surface area contributed by atoms with Crippen LogP contribution in [0, 0.1) is 0 Å². The minimum atomic E-state index is 0.756. The number of anilines is 1. The van der Waals surface area contributed by atoms with Gasteiger partial charge in [-0.25, -0.2) is 0 Å². The Morgan fingerprint density at radius 1 is 0.900 bits per heavy atom. The van der Waals surface area contributed by atoms with Crippen molar-refractivity contribution in [2.24, 2.45) is 0 Å². The molecule has 0 aliphatic carbocycles. The molecule has 0 atom stereocenters. The molecule has 3 nitrogen and oxygen atoms in total. The summed E-state index contributed by atoms with van der Waals surface area (Å²) in [5, 5.41) is 10.4. The third kappa shape index (κ3) is 3.06. The maximum atomic E-state index is 3.96. The van der Waals surface area contributed by atoms with Crippen LogP contribution in [0.3, 0.4) is 0 Å². The predicted octanol–water partition coefficient (Wildman–Crippen LogP) is 3.61. The van der Waals surface area contributed by atoms with Crippen molar-refractivity contribution in [2.45, 2.75) is 13.0 Å². The zero-order valence-electron chi connectivity index (χ0n) is 11.2. The SMILES string of the molecule is c1ccc(Cc2ccccc2NCc2ccn[nH]2)cc1. The number of nitrogens with zero attached hydrogens (tertiary/aromatic N) is 1. The van der Waals surface area contributed by atoms with Gasteiger partial charge in [0.2, 0.25) is 0 Å².